The van der Waals surface area contributed by atoms with Crippen LogP contribution in [-0.4, -0.2) is 62.7 Å². The monoisotopic (exact) mass is 241 g/mol. The Labute approximate surface area is 108 Å². The van der Waals surface area contributed by atoms with Crippen LogP contribution in [0.4, 0.5) is 0 Å². The number of nitrogens with zero attached hydrogens (tertiary/aromatic N) is 2. The third-order valence-electron chi connectivity index (χ3n) is 4.04. The molecule has 0 unspecified atom stereocenters. The molecule has 0 spiro atoms. The maximum absolute atomic E-state index is 3.21. The van der Waals surface area contributed by atoms with Crippen molar-refractivity contribution in [3.63, 3.8) is 0 Å². The topological polar surface area (TPSA) is 18.5 Å². The molecule has 1 N–H and O–H groups in total. The summed E-state index contributed by atoms with van der Waals surface area (Å²) in [6.07, 6.45) is 4.18. The van der Waals surface area contributed by atoms with Gasteiger partial charge in [-0.3, -0.25) is 0 Å². The molecule has 3 heteroatoms. The summed E-state index contributed by atoms with van der Waals surface area (Å²) in [5, 5.41) is 3.21. The van der Waals surface area contributed by atoms with Crippen LogP contribution in [-0.2, 0) is 0 Å². The van der Waals surface area contributed by atoms with Crippen LogP contribution >= 0.6 is 0 Å². The predicted molar refractivity (Wildman–Crippen MR) is 75.5 cm³/mol. The van der Waals surface area contributed by atoms with E-state index in [9.17, 15) is 0 Å². The SMILES string of the molecule is CNCCN(C)CCC1CCN(C(C)C)CC1. The van der Waals surface area contributed by atoms with E-state index >= 15 is 0 Å². The lowest BCUT2D eigenvalue weighted by atomic mass is 9.93. The molecule has 3 nitrogen and oxygen atoms in total. The number of likely N-dealkylation sites (N-methyl/N-ethyl adjacent to an activating group) is 2. The van der Waals surface area contributed by atoms with E-state index in [1.165, 1.54) is 45.4 Å². The van der Waals surface area contributed by atoms with Crippen LogP contribution in [0.25, 0.3) is 0 Å². The van der Waals surface area contributed by atoms with Crippen molar-refractivity contribution in [1.82, 2.24) is 15.1 Å². The number of nitrogens with one attached hydrogen (secondary N) is 1. The summed E-state index contributed by atoms with van der Waals surface area (Å²) in [5.74, 6) is 0.960. The van der Waals surface area contributed by atoms with E-state index in [4.69, 9.17) is 0 Å². The van der Waals surface area contributed by atoms with Crippen molar-refractivity contribution in [2.45, 2.75) is 39.2 Å². The fourth-order valence-electron chi connectivity index (χ4n) is 2.58. The smallest absolute Gasteiger partial charge is 0.0104 e. The van der Waals surface area contributed by atoms with Crippen LogP contribution in [0, 0.1) is 5.92 Å². The second-order valence-electron chi connectivity index (χ2n) is 5.77. The first-order valence-electron chi connectivity index (χ1n) is 7.20. The van der Waals surface area contributed by atoms with Crippen molar-refractivity contribution < 1.29 is 0 Å². The molecule has 0 atom stereocenters. The summed E-state index contributed by atoms with van der Waals surface area (Å²) in [6, 6.07) is 0.731. The fourth-order valence-corrected chi connectivity index (χ4v) is 2.58. The minimum absolute atomic E-state index is 0.731. The molecule has 0 aromatic rings. The number of rotatable bonds is 7. The first-order valence-corrected chi connectivity index (χ1v) is 7.20. The molecule has 1 aliphatic heterocycles. The van der Waals surface area contributed by atoms with Crippen molar-refractivity contribution in [3.05, 3.63) is 0 Å². The Morgan fingerprint density at radius 2 is 1.88 bits per heavy atom. The van der Waals surface area contributed by atoms with Crippen molar-refractivity contribution in [1.29, 1.82) is 0 Å². The zero-order valence-corrected chi connectivity index (χ0v) is 12.2. The quantitative estimate of drug-likeness (QED) is 0.731. The van der Waals surface area contributed by atoms with Gasteiger partial charge >= 0.3 is 0 Å². The lowest BCUT2D eigenvalue weighted by molar-refractivity contribution is 0.139. The number of piperidine rings is 1. The highest BCUT2D eigenvalue weighted by Crippen LogP contribution is 2.21. The van der Waals surface area contributed by atoms with Gasteiger partial charge < -0.3 is 15.1 Å². The number of likely N-dealkylation sites (tertiary alicyclic amines) is 1. The molecular formula is C14H31N3. The largest absolute Gasteiger partial charge is 0.318 e. The average molecular weight is 241 g/mol. The van der Waals surface area contributed by atoms with Crippen LogP contribution in [0.2, 0.25) is 0 Å². The molecule has 0 bridgehead atoms. The molecule has 1 fully saturated rings. The first kappa shape index (κ1) is 14.9. The van der Waals surface area contributed by atoms with Crippen LogP contribution < -0.4 is 5.32 Å². The molecule has 1 heterocycles. The Hall–Kier alpha value is -0.120. The molecule has 0 aliphatic carbocycles. The summed E-state index contributed by atoms with van der Waals surface area (Å²) in [6.45, 7) is 10.8. The Morgan fingerprint density at radius 1 is 1.24 bits per heavy atom. The molecule has 1 aliphatic rings. The summed E-state index contributed by atoms with van der Waals surface area (Å²) >= 11 is 0. The van der Waals surface area contributed by atoms with Gasteiger partial charge in [-0.15, -0.1) is 0 Å². The van der Waals surface area contributed by atoms with E-state index in [1.807, 2.05) is 7.05 Å². The minimum Gasteiger partial charge on any atom is -0.318 e. The van der Waals surface area contributed by atoms with Crippen LogP contribution in [0.15, 0.2) is 0 Å². The molecule has 0 aromatic heterocycles. The first-order chi connectivity index (χ1) is 8.13. The highest BCUT2D eigenvalue weighted by Gasteiger charge is 2.20. The molecule has 17 heavy (non-hydrogen) atoms. The molecule has 0 amide bonds. The number of hydrogen-bond donors (Lipinski definition) is 1. The second kappa shape index (κ2) is 8.06. The highest BCUT2D eigenvalue weighted by molar-refractivity contribution is 4.75. The summed E-state index contributed by atoms with van der Waals surface area (Å²) in [5.41, 5.74) is 0. The van der Waals surface area contributed by atoms with Gasteiger partial charge in [0.1, 0.15) is 0 Å². The average Bonchev–Trinajstić information content (AvgIpc) is 2.34. The third kappa shape index (κ3) is 5.84. The highest BCUT2D eigenvalue weighted by atomic mass is 15.1. The molecular weight excluding hydrogens is 210 g/mol. The molecule has 0 radical (unpaired) electrons. The predicted octanol–water partition coefficient (Wildman–Crippen LogP) is 1.65. The lowest BCUT2D eigenvalue weighted by Crippen LogP contribution is -2.39. The Balaban J connectivity index is 2.09. The van der Waals surface area contributed by atoms with E-state index in [-0.39, 0.29) is 0 Å². The maximum atomic E-state index is 3.21. The van der Waals surface area contributed by atoms with Crippen molar-refractivity contribution >= 4 is 0 Å². The minimum atomic E-state index is 0.731. The normalized spacial score (nSPS) is 19.4. The van der Waals surface area contributed by atoms with Gasteiger partial charge in [-0.25, -0.2) is 0 Å². The fraction of sp³-hybridized carbons (Fsp3) is 1.00. The van der Waals surface area contributed by atoms with Gasteiger partial charge in [0.25, 0.3) is 0 Å². The molecule has 0 aromatic carbocycles. The van der Waals surface area contributed by atoms with E-state index in [0.717, 1.165) is 18.5 Å². The van der Waals surface area contributed by atoms with Crippen LogP contribution in [0.3, 0.4) is 0 Å². The Kier molecular flexibility index (Phi) is 7.09. The van der Waals surface area contributed by atoms with Gasteiger partial charge in [0.15, 0.2) is 0 Å². The van der Waals surface area contributed by atoms with Gasteiger partial charge in [-0.05, 0) is 72.8 Å². The Bertz CT molecular complexity index is 186. The standard InChI is InChI=1S/C14H31N3/c1-13(2)17-10-6-14(7-11-17)5-9-16(4)12-8-15-3/h13-15H,5-12H2,1-4H3. The van der Waals surface area contributed by atoms with E-state index in [1.54, 1.807) is 0 Å². The summed E-state index contributed by atoms with van der Waals surface area (Å²) < 4.78 is 0. The summed E-state index contributed by atoms with van der Waals surface area (Å²) in [4.78, 5) is 5.06. The molecule has 102 valence electrons. The zero-order chi connectivity index (χ0) is 12.7. The molecule has 1 rings (SSSR count). The Morgan fingerprint density at radius 3 is 2.41 bits per heavy atom. The zero-order valence-electron chi connectivity index (χ0n) is 12.2. The van der Waals surface area contributed by atoms with Gasteiger partial charge in [-0.2, -0.15) is 0 Å². The summed E-state index contributed by atoms with van der Waals surface area (Å²) in [7, 11) is 4.26. The van der Waals surface area contributed by atoms with Gasteiger partial charge in [-0.1, -0.05) is 0 Å². The lowest BCUT2D eigenvalue weighted by Gasteiger charge is -2.35. The van der Waals surface area contributed by atoms with E-state index < -0.39 is 0 Å². The van der Waals surface area contributed by atoms with Crippen molar-refractivity contribution in [3.8, 4) is 0 Å². The van der Waals surface area contributed by atoms with Gasteiger partial charge in [0.05, 0.1) is 0 Å². The van der Waals surface area contributed by atoms with Crippen molar-refractivity contribution in [2.24, 2.45) is 5.92 Å². The van der Waals surface area contributed by atoms with Gasteiger partial charge in [0.2, 0.25) is 0 Å². The molecule has 1 saturated heterocycles. The van der Waals surface area contributed by atoms with E-state index in [0.29, 0.717) is 0 Å². The third-order valence-corrected chi connectivity index (χ3v) is 4.04. The van der Waals surface area contributed by atoms with Crippen molar-refractivity contribution in [2.75, 3.05) is 46.8 Å². The van der Waals surface area contributed by atoms with E-state index in [2.05, 4.69) is 36.0 Å². The molecule has 0 saturated carbocycles. The van der Waals surface area contributed by atoms with Crippen LogP contribution in [0.5, 0.6) is 0 Å². The van der Waals surface area contributed by atoms with Gasteiger partial charge in [0, 0.05) is 19.1 Å². The maximum Gasteiger partial charge on any atom is 0.0104 e. The number of hydrogen-bond acceptors (Lipinski definition) is 3. The second-order valence-corrected chi connectivity index (χ2v) is 5.77. The van der Waals surface area contributed by atoms with Crippen LogP contribution in [0.1, 0.15) is 33.1 Å².